The molecule has 1 heterocycles. The summed E-state index contributed by atoms with van der Waals surface area (Å²) in [6.07, 6.45) is 2.91. The van der Waals surface area contributed by atoms with Crippen LogP contribution in [0.5, 0.6) is 0 Å². The Hall–Kier alpha value is -1.85. The van der Waals surface area contributed by atoms with Gasteiger partial charge in [-0.2, -0.15) is 0 Å². The van der Waals surface area contributed by atoms with E-state index in [-0.39, 0.29) is 11.9 Å². The predicted molar refractivity (Wildman–Crippen MR) is 75.8 cm³/mol. The summed E-state index contributed by atoms with van der Waals surface area (Å²) < 4.78 is 5.09. The summed E-state index contributed by atoms with van der Waals surface area (Å²) in [5.41, 5.74) is 1.79. The highest BCUT2D eigenvalue weighted by atomic mass is 16.5. The topological polar surface area (TPSA) is 83.6 Å². The van der Waals surface area contributed by atoms with Crippen LogP contribution in [-0.2, 0) is 16.0 Å². The van der Waals surface area contributed by atoms with Gasteiger partial charge in [0.05, 0.1) is 11.6 Å². The highest BCUT2D eigenvalue weighted by molar-refractivity contribution is 5.78. The number of rotatable bonds is 7. The van der Waals surface area contributed by atoms with E-state index in [1.165, 1.54) is 0 Å². The second kappa shape index (κ2) is 6.28. The van der Waals surface area contributed by atoms with Crippen molar-refractivity contribution in [2.75, 3.05) is 6.54 Å². The third-order valence-electron chi connectivity index (χ3n) is 3.97. The molecular weight excluding hydrogens is 272 g/mol. The zero-order valence-corrected chi connectivity index (χ0v) is 12.8. The fourth-order valence-electron chi connectivity index (χ4n) is 2.45. The lowest BCUT2D eigenvalue weighted by atomic mass is 10.1. The molecule has 0 saturated heterocycles. The fourth-order valence-corrected chi connectivity index (χ4v) is 2.45. The zero-order valence-electron chi connectivity index (χ0n) is 12.8. The maximum Gasteiger partial charge on any atom is 0.308 e. The summed E-state index contributed by atoms with van der Waals surface area (Å²) in [5, 5.41) is 12.9. The minimum atomic E-state index is -0.862. The molecule has 6 heteroatoms. The summed E-state index contributed by atoms with van der Waals surface area (Å²) in [4.78, 5) is 25.1. The molecule has 21 heavy (non-hydrogen) atoms. The third kappa shape index (κ3) is 3.83. The second-order valence-electron chi connectivity index (χ2n) is 5.82. The summed E-state index contributed by atoms with van der Waals surface area (Å²) in [6, 6.07) is 0.226. The van der Waals surface area contributed by atoms with Gasteiger partial charge in [0.1, 0.15) is 5.76 Å². The summed E-state index contributed by atoms with van der Waals surface area (Å²) in [6.45, 7) is 5.63. The molecule has 0 aromatic carbocycles. The van der Waals surface area contributed by atoms with E-state index in [0.717, 1.165) is 29.9 Å². The Kier molecular flexibility index (Phi) is 4.65. The van der Waals surface area contributed by atoms with Gasteiger partial charge in [-0.3, -0.25) is 9.59 Å². The lowest BCUT2D eigenvalue weighted by molar-refractivity contribution is -0.143. The molecule has 1 fully saturated rings. The van der Waals surface area contributed by atoms with Gasteiger partial charge in [0.25, 0.3) is 0 Å². The van der Waals surface area contributed by atoms with Gasteiger partial charge in [0, 0.05) is 24.6 Å². The van der Waals surface area contributed by atoms with Gasteiger partial charge in [-0.1, -0.05) is 12.1 Å². The molecule has 1 saturated carbocycles. The molecule has 1 amide bonds. The van der Waals surface area contributed by atoms with E-state index in [4.69, 9.17) is 9.63 Å². The Morgan fingerprint density at radius 3 is 2.57 bits per heavy atom. The quantitative estimate of drug-likeness (QED) is 0.830. The summed E-state index contributed by atoms with van der Waals surface area (Å²) in [7, 11) is 0. The number of carboxylic acids is 1. The molecule has 1 aromatic rings. The smallest absolute Gasteiger partial charge is 0.308 e. The number of carboxylic acid groups (broad SMARTS) is 1. The molecule has 1 N–H and O–H groups in total. The first-order valence-corrected chi connectivity index (χ1v) is 7.34. The number of hydrogen-bond acceptors (Lipinski definition) is 4. The van der Waals surface area contributed by atoms with Crippen LogP contribution in [0.3, 0.4) is 0 Å². The Labute approximate surface area is 124 Å². The van der Waals surface area contributed by atoms with Crippen molar-refractivity contribution in [3.63, 3.8) is 0 Å². The molecule has 1 atom stereocenters. The minimum absolute atomic E-state index is 0.0191. The van der Waals surface area contributed by atoms with E-state index in [9.17, 15) is 9.59 Å². The van der Waals surface area contributed by atoms with Crippen molar-refractivity contribution < 1.29 is 19.2 Å². The van der Waals surface area contributed by atoms with Crippen molar-refractivity contribution in [2.24, 2.45) is 5.92 Å². The number of hydrogen-bond donors (Lipinski definition) is 1. The van der Waals surface area contributed by atoms with Gasteiger partial charge < -0.3 is 14.5 Å². The van der Waals surface area contributed by atoms with Gasteiger partial charge in [-0.05, 0) is 33.1 Å². The number of carbonyl (C=O) groups is 2. The van der Waals surface area contributed by atoms with Crippen molar-refractivity contribution >= 4 is 11.9 Å². The van der Waals surface area contributed by atoms with Crippen LogP contribution in [0.1, 0.15) is 43.2 Å². The molecule has 116 valence electrons. The molecule has 0 aliphatic heterocycles. The van der Waals surface area contributed by atoms with E-state index < -0.39 is 11.9 Å². The molecule has 0 spiro atoms. The van der Waals surface area contributed by atoms with E-state index in [2.05, 4.69) is 5.16 Å². The first kappa shape index (κ1) is 15.5. The standard InChI is InChI=1S/C15H22N2O4/c1-9(15(19)20)8-17(12-4-5-12)14(18)7-6-13-10(2)16-21-11(13)3/h9,12H,4-8H2,1-3H3,(H,19,20)/t9-/m0/s1. The van der Waals surface area contributed by atoms with Crippen LogP contribution >= 0.6 is 0 Å². The Morgan fingerprint density at radius 1 is 1.43 bits per heavy atom. The van der Waals surface area contributed by atoms with Crippen molar-refractivity contribution in [1.29, 1.82) is 0 Å². The van der Waals surface area contributed by atoms with Crippen LogP contribution in [0.2, 0.25) is 0 Å². The molecule has 1 aliphatic carbocycles. The highest BCUT2D eigenvalue weighted by Gasteiger charge is 2.34. The SMILES string of the molecule is Cc1noc(C)c1CCC(=O)N(C[C@H](C)C(=O)O)C1CC1. The van der Waals surface area contributed by atoms with Gasteiger partial charge in [-0.15, -0.1) is 0 Å². The van der Waals surface area contributed by atoms with E-state index >= 15 is 0 Å². The summed E-state index contributed by atoms with van der Waals surface area (Å²) in [5.74, 6) is -0.629. The molecule has 6 nitrogen and oxygen atoms in total. The van der Waals surface area contributed by atoms with Crippen LogP contribution in [0.25, 0.3) is 0 Å². The lowest BCUT2D eigenvalue weighted by Crippen LogP contribution is -2.38. The molecular formula is C15H22N2O4. The van der Waals surface area contributed by atoms with Crippen molar-refractivity contribution in [2.45, 2.75) is 52.5 Å². The third-order valence-corrected chi connectivity index (χ3v) is 3.97. The molecule has 0 bridgehead atoms. The zero-order chi connectivity index (χ0) is 15.6. The Balaban J connectivity index is 1.94. The Bertz CT molecular complexity index is 514. The average Bonchev–Trinajstić information content (AvgIpc) is 3.21. The van der Waals surface area contributed by atoms with E-state index in [1.807, 2.05) is 13.8 Å². The average molecular weight is 294 g/mol. The first-order valence-electron chi connectivity index (χ1n) is 7.34. The first-order chi connectivity index (χ1) is 9.90. The highest BCUT2D eigenvalue weighted by Crippen LogP contribution is 2.28. The normalized spacial score (nSPS) is 15.8. The van der Waals surface area contributed by atoms with Crippen LogP contribution in [-0.4, -0.2) is 39.6 Å². The van der Waals surface area contributed by atoms with Crippen molar-refractivity contribution in [1.82, 2.24) is 10.1 Å². The van der Waals surface area contributed by atoms with Crippen molar-refractivity contribution in [3.05, 3.63) is 17.0 Å². The van der Waals surface area contributed by atoms with Crippen LogP contribution in [0.4, 0.5) is 0 Å². The van der Waals surface area contributed by atoms with Crippen LogP contribution < -0.4 is 0 Å². The Morgan fingerprint density at radius 2 is 2.10 bits per heavy atom. The van der Waals surface area contributed by atoms with Gasteiger partial charge in [-0.25, -0.2) is 0 Å². The molecule has 0 radical (unpaired) electrons. The number of amides is 1. The maximum absolute atomic E-state index is 12.4. The minimum Gasteiger partial charge on any atom is -0.481 e. The van der Waals surface area contributed by atoms with E-state index in [1.54, 1.807) is 11.8 Å². The van der Waals surface area contributed by atoms with Gasteiger partial charge in [0.2, 0.25) is 5.91 Å². The number of carbonyl (C=O) groups excluding carboxylic acids is 1. The second-order valence-corrected chi connectivity index (χ2v) is 5.82. The maximum atomic E-state index is 12.4. The fraction of sp³-hybridized carbons (Fsp3) is 0.667. The largest absolute Gasteiger partial charge is 0.481 e. The molecule has 0 unspecified atom stereocenters. The number of nitrogens with zero attached hydrogens (tertiary/aromatic N) is 2. The predicted octanol–water partition coefficient (Wildman–Crippen LogP) is 1.94. The molecule has 2 rings (SSSR count). The number of aliphatic carboxylic acids is 1. The molecule has 1 aromatic heterocycles. The monoisotopic (exact) mass is 294 g/mol. The van der Waals surface area contributed by atoms with Gasteiger partial charge >= 0.3 is 5.97 Å². The van der Waals surface area contributed by atoms with Crippen LogP contribution in [0.15, 0.2) is 4.52 Å². The molecule has 1 aliphatic rings. The number of aryl methyl sites for hydroxylation is 2. The van der Waals surface area contributed by atoms with Crippen molar-refractivity contribution in [3.8, 4) is 0 Å². The van der Waals surface area contributed by atoms with E-state index in [0.29, 0.717) is 19.4 Å². The van der Waals surface area contributed by atoms with Crippen LogP contribution in [0, 0.1) is 19.8 Å². The summed E-state index contributed by atoms with van der Waals surface area (Å²) >= 11 is 0. The number of aromatic nitrogens is 1. The van der Waals surface area contributed by atoms with Gasteiger partial charge in [0.15, 0.2) is 0 Å². The lowest BCUT2D eigenvalue weighted by Gasteiger charge is -2.24.